The number of hydrogen-bond donors (Lipinski definition) is 0. The van der Waals surface area contributed by atoms with Crippen molar-refractivity contribution in [2.45, 2.75) is 26.5 Å². The van der Waals surface area contributed by atoms with E-state index in [9.17, 15) is 14.0 Å². The predicted octanol–water partition coefficient (Wildman–Crippen LogP) is 6.23. The molecule has 9 heteroatoms. The lowest BCUT2D eigenvalue weighted by Crippen LogP contribution is -2.39. The van der Waals surface area contributed by atoms with Crippen LogP contribution >= 0.6 is 11.3 Å². The van der Waals surface area contributed by atoms with Crippen molar-refractivity contribution in [1.82, 2.24) is 4.57 Å². The molecule has 0 saturated heterocycles. The van der Waals surface area contributed by atoms with Gasteiger partial charge in [-0.3, -0.25) is 9.36 Å². The summed E-state index contributed by atoms with van der Waals surface area (Å²) in [4.78, 5) is 32.7. The Morgan fingerprint density at radius 1 is 1.02 bits per heavy atom. The van der Waals surface area contributed by atoms with Crippen LogP contribution in [-0.4, -0.2) is 23.8 Å². The third kappa shape index (κ3) is 6.01. The van der Waals surface area contributed by atoms with Crippen LogP contribution in [-0.2, 0) is 16.1 Å². The molecule has 1 aromatic heterocycles. The first kappa shape index (κ1) is 30.7. The molecule has 5 aromatic rings. The van der Waals surface area contributed by atoms with Crippen molar-refractivity contribution in [3.05, 3.63) is 151 Å². The Kier molecular flexibility index (Phi) is 8.94. The first-order chi connectivity index (χ1) is 22.4. The van der Waals surface area contributed by atoms with Gasteiger partial charge in [0.15, 0.2) is 4.80 Å². The molecule has 0 bridgehead atoms. The Hall–Kier alpha value is -5.28. The first-order valence-corrected chi connectivity index (χ1v) is 15.6. The molecule has 1 aliphatic heterocycles. The number of rotatable bonds is 10. The number of fused-ring (bicyclic) bond motifs is 2. The van der Waals surface area contributed by atoms with Gasteiger partial charge in [0.1, 0.15) is 30.5 Å². The summed E-state index contributed by atoms with van der Waals surface area (Å²) >= 11 is 1.23. The molecule has 4 aromatic carbocycles. The SMILES string of the molecule is C=CCOc1ccc([C@@H]2C(C(=O)OCC)=C(C)N=c3s/c(=C\c4c(OCc5ccccc5F)ccc5ccccc45)c(=O)n32)cc1. The Bertz CT molecular complexity index is 2160. The van der Waals surface area contributed by atoms with Crippen molar-refractivity contribution in [3.63, 3.8) is 0 Å². The van der Waals surface area contributed by atoms with Gasteiger partial charge in [-0.05, 0) is 60.5 Å². The second kappa shape index (κ2) is 13.4. The maximum absolute atomic E-state index is 14.4. The summed E-state index contributed by atoms with van der Waals surface area (Å²) in [7, 11) is 0. The highest BCUT2D eigenvalue weighted by Gasteiger charge is 2.33. The lowest BCUT2D eigenvalue weighted by atomic mass is 9.96. The first-order valence-electron chi connectivity index (χ1n) is 14.8. The lowest BCUT2D eigenvalue weighted by Gasteiger charge is -2.24. The van der Waals surface area contributed by atoms with Crippen molar-refractivity contribution >= 4 is 34.2 Å². The fourth-order valence-corrected chi connectivity index (χ4v) is 6.49. The van der Waals surface area contributed by atoms with E-state index in [-0.39, 0.29) is 24.6 Å². The summed E-state index contributed by atoms with van der Waals surface area (Å²) in [6.07, 6.45) is 3.44. The fraction of sp³-hybridized carbons (Fsp3) is 0.162. The van der Waals surface area contributed by atoms with Crippen molar-refractivity contribution in [3.8, 4) is 11.5 Å². The zero-order valence-electron chi connectivity index (χ0n) is 25.4. The monoisotopic (exact) mass is 634 g/mol. The third-order valence-electron chi connectivity index (χ3n) is 7.63. The molecule has 0 spiro atoms. The number of hydrogen-bond acceptors (Lipinski definition) is 7. The van der Waals surface area contributed by atoms with Crippen LogP contribution in [0.3, 0.4) is 0 Å². The smallest absolute Gasteiger partial charge is 0.338 e. The summed E-state index contributed by atoms with van der Waals surface area (Å²) in [5.41, 5.74) is 2.25. The molecule has 0 N–H and O–H groups in total. The molecular formula is C37H31FN2O5S. The molecule has 0 aliphatic carbocycles. The van der Waals surface area contributed by atoms with E-state index in [0.717, 1.165) is 10.8 Å². The maximum atomic E-state index is 14.4. The van der Waals surface area contributed by atoms with E-state index in [1.54, 1.807) is 60.9 Å². The molecule has 2 heterocycles. The van der Waals surface area contributed by atoms with Crippen molar-refractivity contribution in [2.75, 3.05) is 13.2 Å². The van der Waals surface area contributed by atoms with Crippen molar-refractivity contribution < 1.29 is 23.4 Å². The van der Waals surface area contributed by atoms with E-state index >= 15 is 0 Å². The minimum absolute atomic E-state index is 0.0156. The van der Waals surface area contributed by atoms with Crippen molar-refractivity contribution in [1.29, 1.82) is 0 Å². The topological polar surface area (TPSA) is 79.1 Å². The minimum atomic E-state index is -0.768. The zero-order chi connectivity index (χ0) is 32.2. The summed E-state index contributed by atoms with van der Waals surface area (Å²) < 4.78 is 33.6. The lowest BCUT2D eigenvalue weighted by molar-refractivity contribution is -0.139. The van der Waals surface area contributed by atoms with Crippen LogP contribution in [0.25, 0.3) is 16.8 Å². The Labute approximate surface area is 268 Å². The Balaban J connectivity index is 1.50. The largest absolute Gasteiger partial charge is 0.490 e. The molecule has 1 aliphatic rings. The molecule has 0 amide bonds. The number of ether oxygens (including phenoxy) is 3. The predicted molar refractivity (Wildman–Crippen MR) is 177 cm³/mol. The number of carbonyl (C=O) groups is 1. The van der Waals surface area contributed by atoms with Gasteiger partial charge < -0.3 is 14.2 Å². The summed E-state index contributed by atoms with van der Waals surface area (Å²) in [6.45, 7) is 7.71. The fourth-order valence-electron chi connectivity index (χ4n) is 5.46. The van der Waals surface area contributed by atoms with E-state index in [1.165, 1.54) is 17.4 Å². The number of benzene rings is 4. The Morgan fingerprint density at radius 3 is 2.54 bits per heavy atom. The molecule has 6 rings (SSSR count). The average molecular weight is 635 g/mol. The summed E-state index contributed by atoms with van der Waals surface area (Å²) in [6, 6.07) is 24.5. The van der Waals surface area contributed by atoms with Crippen LogP contribution in [0.1, 0.15) is 36.6 Å². The highest BCUT2D eigenvalue weighted by Crippen LogP contribution is 2.33. The van der Waals surface area contributed by atoms with Crippen molar-refractivity contribution in [2.24, 2.45) is 4.99 Å². The number of halogens is 1. The van der Waals surface area contributed by atoms with Gasteiger partial charge in [-0.1, -0.05) is 84.7 Å². The van der Waals surface area contributed by atoms with Crippen LogP contribution < -0.4 is 24.4 Å². The summed E-state index contributed by atoms with van der Waals surface area (Å²) in [5, 5.41) is 1.83. The molecule has 7 nitrogen and oxygen atoms in total. The molecule has 0 unspecified atom stereocenters. The van der Waals surface area contributed by atoms with Crippen LogP contribution in [0.5, 0.6) is 11.5 Å². The highest BCUT2D eigenvalue weighted by atomic mass is 32.1. The quantitative estimate of drug-likeness (QED) is 0.134. The number of thiazole rings is 1. The van der Waals surface area contributed by atoms with E-state index in [1.807, 2.05) is 48.5 Å². The molecule has 0 fully saturated rings. The third-order valence-corrected chi connectivity index (χ3v) is 8.61. The molecule has 0 saturated carbocycles. The number of nitrogens with zero attached hydrogens (tertiary/aromatic N) is 2. The Morgan fingerprint density at radius 2 is 1.78 bits per heavy atom. The number of aromatic nitrogens is 1. The van der Waals surface area contributed by atoms with Gasteiger partial charge in [0.05, 0.1) is 28.5 Å². The van der Waals surface area contributed by atoms with Gasteiger partial charge in [0.2, 0.25) is 0 Å². The van der Waals surface area contributed by atoms with Gasteiger partial charge in [-0.15, -0.1) is 0 Å². The minimum Gasteiger partial charge on any atom is -0.490 e. The van der Waals surface area contributed by atoms with Gasteiger partial charge >= 0.3 is 5.97 Å². The van der Waals surface area contributed by atoms with Crippen LogP contribution in [0.2, 0.25) is 0 Å². The molecule has 1 atom stereocenters. The number of carbonyl (C=O) groups excluding carboxylic acids is 1. The van der Waals surface area contributed by atoms with E-state index in [0.29, 0.717) is 55.4 Å². The standard InChI is InChI=1S/C37H31FN2O5S/c1-4-20-44-27-17-14-25(15-18-27)34-33(36(42)43-5-2)23(3)39-37-40(34)35(41)32(46-37)21-29-28-12-8-6-10-24(28)16-19-31(29)45-22-26-11-7-9-13-30(26)38/h4,6-19,21,34H,1,5,20,22H2,2-3H3/b32-21-/t34-/m1/s1. The second-order valence-corrected chi connectivity index (χ2v) is 11.6. The van der Waals surface area contributed by atoms with Gasteiger partial charge in [-0.25, -0.2) is 14.2 Å². The van der Waals surface area contributed by atoms with Gasteiger partial charge in [0, 0.05) is 11.1 Å². The van der Waals surface area contributed by atoms with E-state index in [2.05, 4.69) is 11.6 Å². The number of esters is 1. The highest BCUT2D eigenvalue weighted by molar-refractivity contribution is 7.07. The van der Waals surface area contributed by atoms with Gasteiger partial charge in [-0.2, -0.15) is 0 Å². The molecule has 46 heavy (non-hydrogen) atoms. The second-order valence-electron chi connectivity index (χ2n) is 10.5. The van der Waals surface area contributed by atoms with Gasteiger partial charge in [0.25, 0.3) is 5.56 Å². The van der Waals surface area contributed by atoms with E-state index < -0.39 is 12.0 Å². The van der Waals surface area contributed by atoms with E-state index in [4.69, 9.17) is 14.2 Å². The molecule has 0 radical (unpaired) electrons. The van der Waals surface area contributed by atoms with Crippen LogP contribution in [0.4, 0.5) is 4.39 Å². The number of allylic oxidation sites excluding steroid dienone is 1. The van der Waals surface area contributed by atoms with Crippen LogP contribution in [0, 0.1) is 5.82 Å². The maximum Gasteiger partial charge on any atom is 0.338 e. The normalized spacial score (nSPS) is 14.5. The molecular weight excluding hydrogens is 603 g/mol. The molecule has 232 valence electrons. The van der Waals surface area contributed by atoms with Crippen LogP contribution in [0.15, 0.2) is 119 Å². The summed E-state index contributed by atoms with van der Waals surface area (Å²) in [5.74, 6) is 0.246. The zero-order valence-corrected chi connectivity index (χ0v) is 26.2. The average Bonchev–Trinajstić information content (AvgIpc) is 3.37.